The minimum atomic E-state index is -2.13. The van der Waals surface area contributed by atoms with Crippen LogP contribution in [0, 0.1) is 19.0 Å². The molecule has 0 fully saturated rings. The monoisotopic (exact) mass is 896 g/mol. The first-order valence-corrected chi connectivity index (χ1v) is 21.1. The van der Waals surface area contributed by atoms with E-state index in [1.165, 1.54) is 11.3 Å². The topological polar surface area (TPSA) is 25.8 Å². The van der Waals surface area contributed by atoms with Gasteiger partial charge in [-0.1, -0.05) is 136 Å². The second-order valence-corrected chi connectivity index (χ2v) is 19.7. The summed E-state index contributed by atoms with van der Waals surface area (Å²) < 4.78 is 73.6. The first kappa shape index (κ1) is 27.1. The Morgan fingerprint density at radius 3 is 2.27 bits per heavy atom. The van der Waals surface area contributed by atoms with Crippen LogP contribution in [0.25, 0.3) is 64.9 Å². The molecule has 0 aliphatic heterocycles. The Labute approximate surface area is 339 Å². The van der Waals surface area contributed by atoms with Crippen LogP contribution >= 0.6 is 11.3 Å². The van der Waals surface area contributed by atoms with Crippen molar-refractivity contribution in [1.29, 1.82) is 0 Å². The van der Waals surface area contributed by atoms with Gasteiger partial charge < -0.3 is 9.97 Å². The van der Waals surface area contributed by atoms with Gasteiger partial charge in [0, 0.05) is 42.7 Å². The number of rotatable bonds is 6. The van der Waals surface area contributed by atoms with E-state index in [0.29, 0.717) is 11.3 Å². The Morgan fingerprint density at radius 2 is 1.56 bits per heavy atom. The summed E-state index contributed by atoms with van der Waals surface area (Å²) in [4.78, 5) is 9.13. The van der Waals surface area contributed by atoms with Crippen molar-refractivity contribution in [1.82, 2.24) is 9.97 Å². The summed E-state index contributed by atoms with van der Waals surface area (Å²) in [5.74, 6) is -0.716. The quantitative estimate of drug-likeness (QED) is 0.123. The minimum Gasteiger partial charge on any atom is -0.305 e. The van der Waals surface area contributed by atoms with Gasteiger partial charge in [0.05, 0.1) is 14.9 Å². The summed E-state index contributed by atoms with van der Waals surface area (Å²) in [5, 5.41) is 3.45. The number of fused-ring (bicyclic) bond motifs is 3. The Balaban J connectivity index is 0.000000218. The van der Waals surface area contributed by atoms with Crippen molar-refractivity contribution in [3.05, 3.63) is 163 Å². The summed E-state index contributed by atoms with van der Waals surface area (Å²) in [6, 6.07) is 35.7. The SMILES string of the molecule is [2H]C([2H])([2H])c1c[c-]c(-c2cc(C([2H])(C)C)c([Si](C)(C)C)cn2)cc1.[2H]c1c([2H])c([2H])c(-c2ccnc(-c3[c-]ccc4c3sc3cc(-c5ccccc5)ccc34)c2)c([2H])c1[2H].[Ir]. The second-order valence-electron chi connectivity index (χ2n) is 13.6. The maximum absolute atomic E-state index is 8.48. The number of thiophene rings is 1. The second kappa shape index (κ2) is 16.0. The molecule has 0 atom stereocenters. The predicted molar refractivity (Wildman–Crippen MR) is 223 cm³/mol. The molecule has 0 spiro atoms. The number of aromatic nitrogens is 2. The van der Waals surface area contributed by atoms with Crippen LogP contribution in [0.2, 0.25) is 19.6 Å². The third kappa shape index (κ3) is 8.09. The standard InChI is InChI=1S/C29H18NS.C18H24NSi.Ir/c1-3-8-20(9-4-1)22-14-15-24-25-12-7-13-26(29(25)31-28(24)19-22)27-18-23(16-17-30-27)21-10-5-2-6-11-21;1-13(2)16-11-17(15-9-7-14(3)8-10-15)19-12-18(16)20(4,5)6;/h1-12,14-19H;7-9,11-13H,1-6H3;/q2*-1;/i2D,5D,6D,10D,11D;3D3,13D;. The van der Waals surface area contributed by atoms with E-state index >= 15 is 0 Å². The molecule has 0 saturated heterocycles. The van der Waals surface area contributed by atoms with Gasteiger partial charge in [0.15, 0.2) is 0 Å². The molecule has 0 bridgehead atoms. The van der Waals surface area contributed by atoms with Crippen LogP contribution in [0.3, 0.4) is 0 Å². The van der Waals surface area contributed by atoms with E-state index in [4.69, 9.17) is 12.3 Å². The van der Waals surface area contributed by atoms with Crippen molar-refractivity contribution in [2.24, 2.45) is 0 Å². The molecule has 2 nitrogen and oxygen atoms in total. The molecule has 0 amide bonds. The van der Waals surface area contributed by atoms with Gasteiger partial charge in [-0.15, -0.1) is 59.2 Å². The van der Waals surface area contributed by atoms with Crippen LogP contribution in [0.5, 0.6) is 0 Å². The zero-order valence-corrected chi connectivity index (χ0v) is 33.7. The number of nitrogens with zero attached hydrogens (tertiary/aromatic N) is 2. The molecular formula is C47H42IrN2SSi-2. The molecule has 8 rings (SSSR count). The molecular weight excluding hydrogens is 845 g/mol. The number of aryl methyl sites for hydroxylation is 1. The smallest absolute Gasteiger partial charge is 0.0799 e. The first-order valence-electron chi connectivity index (χ1n) is 21.2. The Bertz CT molecular complexity index is 2860. The maximum atomic E-state index is 8.48. The molecule has 0 aliphatic carbocycles. The van der Waals surface area contributed by atoms with Crippen molar-refractivity contribution < 1.29 is 32.4 Å². The van der Waals surface area contributed by atoms with Gasteiger partial charge in [-0.3, -0.25) is 0 Å². The van der Waals surface area contributed by atoms with E-state index in [-0.39, 0.29) is 55.4 Å². The van der Waals surface area contributed by atoms with Gasteiger partial charge in [0.1, 0.15) is 0 Å². The van der Waals surface area contributed by atoms with Crippen LogP contribution in [0.1, 0.15) is 43.2 Å². The molecule has 0 unspecified atom stereocenters. The fourth-order valence-electron chi connectivity index (χ4n) is 6.06. The number of hydrogen-bond acceptors (Lipinski definition) is 3. The average Bonchev–Trinajstić information content (AvgIpc) is 3.60. The molecule has 0 saturated carbocycles. The van der Waals surface area contributed by atoms with Crippen molar-refractivity contribution in [3.8, 4) is 44.8 Å². The average molecular weight is 896 g/mol. The van der Waals surface area contributed by atoms with E-state index < -0.39 is 26.9 Å². The molecule has 5 heteroatoms. The minimum absolute atomic E-state index is 0. The number of pyridine rings is 2. The van der Waals surface area contributed by atoms with Gasteiger partial charge in [0.25, 0.3) is 0 Å². The summed E-state index contributed by atoms with van der Waals surface area (Å²) in [6.45, 7) is 8.38. The first-order chi connectivity index (χ1) is 28.2. The molecule has 52 heavy (non-hydrogen) atoms. The molecule has 261 valence electrons. The van der Waals surface area contributed by atoms with E-state index in [1.807, 2.05) is 50.4 Å². The Hall–Kier alpha value is -4.51. The van der Waals surface area contributed by atoms with E-state index in [1.54, 1.807) is 41.8 Å². The fourth-order valence-corrected chi connectivity index (χ4v) is 8.89. The van der Waals surface area contributed by atoms with E-state index in [2.05, 4.69) is 78.1 Å². The van der Waals surface area contributed by atoms with Crippen LogP contribution in [-0.2, 0) is 20.1 Å². The van der Waals surface area contributed by atoms with Crippen LogP contribution < -0.4 is 5.19 Å². The Kier molecular flexibility index (Phi) is 8.36. The summed E-state index contributed by atoms with van der Waals surface area (Å²) in [7, 11) is -1.61. The van der Waals surface area contributed by atoms with Crippen molar-refractivity contribution in [2.45, 2.75) is 46.2 Å². The predicted octanol–water partition coefficient (Wildman–Crippen LogP) is 12.8. The molecule has 3 heterocycles. The largest absolute Gasteiger partial charge is 0.305 e. The molecule has 5 aromatic carbocycles. The van der Waals surface area contributed by atoms with Crippen molar-refractivity contribution in [2.75, 3.05) is 0 Å². The van der Waals surface area contributed by atoms with E-state index in [0.717, 1.165) is 53.7 Å². The normalized spacial score (nSPS) is 14.2. The molecule has 0 aliphatic rings. The third-order valence-corrected chi connectivity index (χ3v) is 11.9. The fraction of sp³-hybridized carbons (Fsp3) is 0.149. The van der Waals surface area contributed by atoms with Crippen LogP contribution in [0.15, 0.2) is 140 Å². The summed E-state index contributed by atoms with van der Waals surface area (Å²) in [6.07, 6.45) is 3.50. The summed E-state index contributed by atoms with van der Waals surface area (Å²) in [5.41, 5.74) is 7.20. The van der Waals surface area contributed by atoms with Gasteiger partial charge in [0.2, 0.25) is 0 Å². The van der Waals surface area contributed by atoms with E-state index in [9.17, 15) is 0 Å². The molecule has 0 N–H and O–H groups in total. The molecule has 1 radical (unpaired) electrons. The Morgan fingerprint density at radius 1 is 0.769 bits per heavy atom. The third-order valence-electron chi connectivity index (χ3n) is 8.68. The van der Waals surface area contributed by atoms with Crippen molar-refractivity contribution >= 4 is 44.8 Å². The number of hydrogen-bond donors (Lipinski definition) is 0. The van der Waals surface area contributed by atoms with Gasteiger partial charge in [-0.2, -0.15) is 11.3 Å². The van der Waals surface area contributed by atoms with Gasteiger partial charge in [-0.25, -0.2) is 0 Å². The molecule has 3 aromatic heterocycles. The van der Waals surface area contributed by atoms with Gasteiger partial charge in [-0.05, 0) is 66.9 Å². The van der Waals surface area contributed by atoms with Crippen LogP contribution in [0.4, 0.5) is 0 Å². The zero-order chi connectivity index (χ0) is 43.3. The zero-order valence-electron chi connectivity index (χ0n) is 38.5. The maximum Gasteiger partial charge on any atom is 0.0799 e. The van der Waals surface area contributed by atoms with Crippen molar-refractivity contribution in [3.63, 3.8) is 0 Å². The van der Waals surface area contributed by atoms with Crippen LogP contribution in [-0.4, -0.2) is 18.0 Å². The van der Waals surface area contributed by atoms with Gasteiger partial charge >= 0.3 is 0 Å². The molecule has 8 aromatic rings. The summed E-state index contributed by atoms with van der Waals surface area (Å²) >= 11 is 1.68. The number of benzene rings is 5.